The van der Waals surface area contributed by atoms with Crippen LogP contribution in [-0.2, 0) is 0 Å². The highest BCUT2D eigenvalue weighted by Crippen LogP contribution is 2.46. The maximum absolute atomic E-state index is 12.2. The SMILES string of the molecule is Oc1ccc(C(C(F)(F)F)C(F)(F)F)cc1. The van der Waals surface area contributed by atoms with Gasteiger partial charge in [0.2, 0.25) is 0 Å². The molecule has 16 heavy (non-hydrogen) atoms. The average molecular weight is 244 g/mol. The molecule has 0 amide bonds. The molecule has 0 aliphatic carbocycles. The van der Waals surface area contributed by atoms with Crippen LogP contribution in [0.1, 0.15) is 11.5 Å². The standard InChI is InChI=1S/C9H6F6O/c10-8(11,12)7(9(13,14)15)5-1-3-6(16)4-2-5/h1-4,7,16H. The summed E-state index contributed by atoms with van der Waals surface area (Å²) in [5, 5.41) is 8.78. The molecule has 0 unspecified atom stereocenters. The molecule has 1 aromatic rings. The summed E-state index contributed by atoms with van der Waals surface area (Å²) in [6.07, 6.45) is -10.8. The molecule has 1 nitrogen and oxygen atoms in total. The van der Waals surface area contributed by atoms with Crippen molar-refractivity contribution in [1.82, 2.24) is 0 Å². The summed E-state index contributed by atoms with van der Waals surface area (Å²) in [6, 6.07) is 2.75. The van der Waals surface area contributed by atoms with Crippen LogP contribution in [0.15, 0.2) is 24.3 Å². The van der Waals surface area contributed by atoms with Crippen LogP contribution < -0.4 is 0 Å². The van der Waals surface area contributed by atoms with E-state index in [9.17, 15) is 26.3 Å². The Balaban J connectivity index is 3.18. The summed E-state index contributed by atoms with van der Waals surface area (Å²) in [6.45, 7) is 0. The Kier molecular flexibility index (Phi) is 3.07. The molecule has 0 heterocycles. The fraction of sp³-hybridized carbons (Fsp3) is 0.333. The van der Waals surface area contributed by atoms with Crippen molar-refractivity contribution in [2.45, 2.75) is 18.3 Å². The van der Waals surface area contributed by atoms with Gasteiger partial charge in [-0.3, -0.25) is 0 Å². The van der Waals surface area contributed by atoms with Crippen molar-refractivity contribution >= 4 is 0 Å². The molecule has 0 radical (unpaired) electrons. The summed E-state index contributed by atoms with van der Waals surface area (Å²) in [7, 11) is 0. The summed E-state index contributed by atoms with van der Waals surface area (Å²) >= 11 is 0. The minimum atomic E-state index is -5.41. The number of benzene rings is 1. The molecule has 0 aromatic heterocycles. The van der Waals surface area contributed by atoms with Crippen molar-refractivity contribution in [3.05, 3.63) is 29.8 Å². The van der Waals surface area contributed by atoms with Crippen molar-refractivity contribution in [3.8, 4) is 5.75 Å². The number of halogens is 6. The number of phenols is 1. The van der Waals surface area contributed by atoms with E-state index in [1.807, 2.05) is 0 Å². The third kappa shape index (κ3) is 2.80. The van der Waals surface area contributed by atoms with Gasteiger partial charge in [-0.25, -0.2) is 0 Å². The van der Waals surface area contributed by atoms with E-state index in [-0.39, 0.29) is 0 Å². The highest BCUT2D eigenvalue weighted by atomic mass is 19.4. The van der Waals surface area contributed by atoms with Crippen LogP contribution in [0.3, 0.4) is 0 Å². The molecule has 1 N–H and O–H groups in total. The predicted octanol–water partition coefficient (Wildman–Crippen LogP) is 3.60. The third-order valence-electron chi connectivity index (χ3n) is 1.88. The fourth-order valence-electron chi connectivity index (χ4n) is 1.23. The monoisotopic (exact) mass is 244 g/mol. The van der Waals surface area contributed by atoms with Gasteiger partial charge in [0.15, 0.2) is 5.92 Å². The van der Waals surface area contributed by atoms with Gasteiger partial charge in [-0.15, -0.1) is 0 Å². The highest BCUT2D eigenvalue weighted by molar-refractivity contribution is 5.30. The van der Waals surface area contributed by atoms with Crippen molar-refractivity contribution in [1.29, 1.82) is 0 Å². The van der Waals surface area contributed by atoms with E-state index in [1.165, 1.54) is 0 Å². The van der Waals surface area contributed by atoms with Crippen LogP contribution in [0.2, 0.25) is 0 Å². The third-order valence-corrected chi connectivity index (χ3v) is 1.88. The first-order chi connectivity index (χ1) is 7.12. The lowest BCUT2D eigenvalue weighted by molar-refractivity contribution is -0.253. The second kappa shape index (κ2) is 3.88. The molecule has 0 atom stereocenters. The molecule has 0 aliphatic heterocycles. The Labute approximate surface area is 86.3 Å². The molecule has 0 bridgehead atoms. The lowest BCUT2D eigenvalue weighted by Gasteiger charge is -2.23. The van der Waals surface area contributed by atoms with Crippen molar-refractivity contribution < 1.29 is 31.4 Å². The summed E-state index contributed by atoms with van der Waals surface area (Å²) in [5.41, 5.74) is -0.946. The first-order valence-electron chi connectivity index (χ1n) is 4.04. The van der Waals surface area contributed by atoms with E-state index >= 15 is 0 Å². The van der Waals surface area contributed by atoms with Crippen LogP contribution in [0, 0.1) is 0 Å². The minimum absolute atomic E-state index is 0.396. The second-order valence-electron chi connectivity index (χ2n) is 3.11. The number of phenolic OH excluding ortho intramolecular Hbond substituents is 1. The van der Waals surface area contributed by atoms with Crippen LogP contribution >= 0.6 is 0 Å². The van der Waals surface area contributed by atoms with E-state index < -0.39 is 29.6 Å². The Hall–Kier alpha value is -1.40. The van der Waals surface area contributed by atoms with Crippen molar-refractivity contribution in [3.63, 3.8) is 0 Å². The first kappa shape index (κ1) is 12.7. The van der Waals surface area contributed by atoms with Crippen molar-refractivity contribution in [2.24, 2.45) is 0 Å². The van der Waals surface area contributed by atoms with Gasteiger partial charge >= 0.3 is 12.4 Å². The lowest BCUT2D eigenvalue weighted by atomic mass is 9.98. The maximum atomic E-state index is 12.2. The molecule has 0 fully saturated rings. The van der Waals surface area contributed by atoms with E-state index in [0.29, 0.717) is 12.1 Å². The van der Waals surface area contributed by atoms with Crippen molar-refractivity contribution in [2.75, 3.05) is 0 Å². The summed E-state index contributed by atoms with van der Waals surface area (Å²) < 4.78 is 73.3. The normalized spacial score (nSPS) is 13.2. The van der Waals surface area contributed by atoms with Crippen LogP contribution in [0.25, 0.3) is 0 Å². The van der Waals surface area contributed by atoms with Crippen LogP contribution in [0.5, 0.6) is 5.75 Å². The number of aromatic hydroxyl groups is 1. The zero-order valence-electron chi connectivity index (χ0n) is 7.60. The fourth-order valence-corrected chi connectivity index (χ4v) is 1.23. The van der Waals surface area contributed by atoms with Crippen LogP contribution in [-0.4, -0.2) is 17.5 Å². The molecular weight excluding hydrogens is 238 g/mol. The van der Waals surface area contributed by atoms with Gasteiger partial charge in [0.25, 0.3) is 0 Å². The van der Waals surface area contributed by atoms with Gasteiger partial charge in [-0.05, 0) is 17.7 Å². The zero-order chi connectivity index (χ0) is 12.6. The zero-order valence-corrected chi connectivity index (χ0v) is 7.60. The highest BCUT2D eigenvalue weighted by Gasteiger charge is 2.57. The molecule has 1 rings (SSSR count). The predicted molar refractivity (Wildman–Crippen MR) is 43.0 cm³/mol. The first-order valence-corrected chi connectivity index (χ1v) is 4.04. The topological polar surface area (TPSA) is 20.2 Å². The molecule has 0 spiro atoms. The maximum Gasteiger partial charge on any atom is 0.404 e. The average Bonchev–Trinajstić information content (AvgIpc) is 2.03. The van der Waals surface area contributed by atoms with E-state index in [0.717, 1.165) is 12.1 Å². The molecule has 90 valence electrons. The number of rotatable bonds is 1. The minimum Gasteiger partial charge on any atom is -0.508 e. The Morgan fingerprint density at radius 2 is 1.19 bits per heavy atom. The van der Waals surface area contributed by atoms with Gasteiger partial charge in [0.1, 0.15) is 5.75 Å². The van der Waals surface area contributed by atoms with Gasteiger partial charge in [0.05, 0.1) is 0 Å². The van der Waals surface area contributed by atoms with Gasteiger partial charge < -0.3 is 5.11 Å². The smallest absolute Gasteiger partial charge is 0.404 e. The Morgan fingerprint density at radius 3 is 1.50 bits per heavy atom. The molecule has 7 heteroatoms. The number of hydrogen-bond acceptors (Lipinski definition) is 1. The summed E-state index contributed by atoms with van der Waals surface area (Å²) in [5.74, 6) is -3.92. The number of hydrogen-bond donors (Lipinski definition) is 1. The molecule has 0 saturated carbocycles. The number of alkyl halides is 6. The second-order valence-corrected chi connectivity index (χ2v) is 3.11. The summed E-state index contributed by atoms with van der Waals surface area (Å²) in [4.78, 5) is 0. The molecule has 0 aliphatic rings. The lowest BCUT2D eigenvalue weighted by Crippen LogP contribution is -2.34. The molecule has 0 saturated heterocycles. The molecule has 1 aromatic carbocycles. The quantitative estimate of drug-likeness (QED) is 0.748. The van der Waals surface area contributed by atoms with Crippen LogP contribution in [0.4, 0.5) is 26.3 Å². The largest absolute Gasteiger partial charge is 0.508 e. The Bertz CT molecular complexity index is 336. The van der Waals surface area contributed by atoms with Gasteiger partial charge in [-0.1, -0.05) is 12.1 Å². The van der Waals surface area contributed by atoms with E-state index in [2.05, 4.69) is 0 Å². The Morgan fingerprint density at radius 1 is 0.812 bits per heavy atom. The van der Waals surface area contributed by atoms with Gasteiger partial charge in [0, 0.05) is 0 Å². The van der Waals surface area contributed by atoms with E-state index in [1.54, 1.807) is 0 Å². The molecular formula is C9H6F6O. The van der Waals surface area contributed by atoms with E-state index in [4.69, 9.17) is 5.11 Å². The van der Waals surface area contributed by atoms with Gasteiger partial charge in [-0.2, -0.15) is 26.3 Å².